The Bertz CT molecular complexity index is 791. The number of nitrogens with one attached hydrogen (secondary N) is 2. The molecule has 162 valence electrons. The van der Waals surface area contributed by atoms with Crippen molar-refractivity contribution < 1.29 is 32.1 Å². The van der Waals surface area contributed by atoms with Crippen LogP contribution in [0, 0.1) is 0 Å². The molecule has 1 aromatic rings. The van der Waals surface area contributed by atoms with Gasteiger partial charge in [-0.3, -0.25) is 14.4 Å². The summed E-state index contributed by atoms with van der Waals surface area (Å²) in [6.45, 7) is 2.53. The second-order valence-corrected chi connectivity index (χ2v) is 8.22. The lowest BCUT2D eigenvalue weighted by Crippen LogP contribution is -2.48. The maximum Gasteiger partial charge on any atom is 0.306 e. The predicted molar refractivity (Wildman–Crippen MR) is 107 cm³/mol. The molecule has 3 N–H and O–H groups in total. The number of unbranched alkanes of at least 4 members (excludes halogenated alkanes) is 2. The maximum absolute atomic E-state index is 12.5. The van der Waals surface area contributed by atoms with Crippen LogP contribution in [0.3, 0.4) is 0 Å². The van der Waals surface area contributed by atoms with Crippen LogP contribution in [0.1, 0.15) is 44.6 Å². The monoisotopic (exact) mass is 428 g/mol. The van der Waals surface area contributed by atoms with Crippen LogP contribution >= 0.6 is 0 Å². The van der Waals surface area contributed by atoms with Crippen LogP contribution in [0.25, 0.3) is 0 Å². The topological polar surface area (TPSA) is 139 Å². The Labute approximate surface area is 171 Å². The fraction of sp³-hybridized carbons (Fsp3) is 0.526. The third-order valence-electron chi connectivity index (χ3n) is 3.91. The molecule has 2 amide bonds. The van der Waals surface area contributed by atoms with Gasteiger partial charge in [-0.15, -0.1) is 0 Å². The number of hydrogen-bond donors (Lipinski definition) is 3. The van der Waals surface area contributed by atoms with Crippen molar-refractivity contribution in [2.75, 3.05) is 12.8 Å². The predicted octanol–water partition coefficient (Wildman–Crippen LogP) is 1.22. The first-order valence-electron chi connectivity index (χ1n) is 9.38. The third kappa shape index (κ3) is 11.1. The lowest BCUT2D eigenvalue weighted by Gasteiger charge is -2.19. The van der Waals surface area contributed by atoms with Gasteiger partial charge in [0.15, 0.2) is 0 Å². The summed E-state index contributed by atoms with van der Waals surface area (Å²) in [6.07, 6.45) is 3.35. The molecule has 0 aliphatic rings. The highest BCUT2D eigenvalue weighted by molar-refractivity contribution is 7.86. The molecular formula is C19H28N2O7S. The van der Waals surface area contributed by atoms with Crippen LogP contribution in [0.4, 0.5) is 0 Å². The minimum atomic E-state index is -3.64. The van der Waals surface area contributed by atoms with Crippen LogP contribution < -0.4 is 14.8 Å². The number of carbonyl (C=O) groups is 3. The SMILES string of the molecule is CCCCCNC(=O)[C@H](Cc1ccc(OS(C)(=O)=O)cc1)NC(=O)CCC(=O)O. The molecule has 10 heteroatoms. The Morgan fingerprint density at radius 2 is 1.76 bits per heavy atom. The summed E-state index contributed by atoms with van der Waals surface area (Å²) in [5.74, 6) is -1.84. The molecule has 0 spiro atoms. The molecule has 0 aliphatic heterocycles. The van der Waals surface area contributed by atoms with Gasteiger partial charge in [0.2, 0.25) is 11.8 Å². The summed E-state index contributed by atoms with van der Waals surface area (Å²) < 4.78 is 27.1. The molecule has 29 heavy (non-hydrogen) atoms. The molecule has 1 atom stereocenters. The molecule has 0 saturated heterocycles. The average molecular weight is 429 g/mol. The molecular weight excluding hydrogens is 400 g/mol. The van der Waals surface area contributed by atoms with Gasteiger partial charge in [-0.05, 0) is 24.1 Å². The first-order chi connectivity index (χ1) is 13.6. The van der Waals surface area contributed by atoms with Crippen LogP contribution in [0.2, 0.25) is 0 Å². The van der Waals surface area contributed by atoms with Crippen molar-refractivity contribution in [3.05, 3.63) is 29.8 Å². The zero-order valence-corrected chi connectivity index (χ0v) is 17.5. The van der Waals surface area contributed by atoms with E-state index in [0.29, 0.717) is 12.1 Å². The fourth-order valence-electron chi connectivity index (χ4n) is 2.50. The molecule has 0 heterocycles. The normalized spacial score (nSPS) is 12.1. The number of carboxylic acid groups (broad SMARTS) is 1. The first kappa shape index (κ1) is 24.4. The second-order valence-electron chi connectivity index (χ2n) is 6.65. The van der Waals surface area contributed by atoms with Crippen LogP contribution in [0.15, 0.2) is 24.3 Å². The zero-order valence-electron chi connectivity index (χ0n) is 16.6. The Morgan fingerprint density at radius 3 is 2.31 bits per heavy atom. The van der Waals surface area contributed by atoms with E-state index in [1.165, 1.54) is 12.1 Å². The van der Waals surface area contributed by atoms with Crippen molar-refractivity contribution in [1.82, 2.24) is 10.6 Å². The molecule has 9 nitrogen and oxygen atoms in total. The van der Waals surface area contributed by atoms with Gasteiger partial charge in [0.25, 0.3) is 0 Å². The van der Waals surface area contributed by atoms with Gasteiger partial charge in [-0.25, -0.2) is 0 Å². The first-order valence-corrected chi connectivity index (χ1v) is 11.2. The minimum absolute atomic E-state index is 0.141. The lowest BCUT2D eigenvalue weighted by atomic mass is 10.0. The van der Waals surface area contributed by atoms with Crippen LogP contribution in [-0.4, -0.2) is 50.2 Å². The molecule has 1 aromatic carbocycles. The van der Waals surface area contributed by atoms with Crippen LogP contribution in [0.5, 0.6) is 5.75 Å². The van der Waals surface area contributed by atoms with E-state index in [4.69, 9.17) is 9.29 Å². The highest BCUT2D eigenvalue weighted by Crippen LogP contribution is 2.15. The molecule has 0 saturated carbocycles. The van der Waals surface area contributed by atoms with Crippen LogP contribution in [-0.2, 0) is 30.9 Å². The minimum Gasteiger partial charge on any atom is -0.481 e. The van der Waals surface area contributed by atoms with Gasteiger partial charge in [-0.1, -0.05) is 31.9 Å². The van der Waals surface area contributed by atoms with Gasteiger partial charge < -0.3 is 19.9 Å². The van der Waals surface area contributed by atoms with Gasteiger partial charge in [-0.2, -0.15) is 8.42 Å². The van der Waals surface area contributed by atoms with E-state index in [9.17, 15) is 22.8 Å². The van der Waals surface area contributed by atoms with E-state index >= 15 is 0 Å². The Hall–Kier alpha value is -2.62. The van der Waals surface area contributed by atoms with Crippen molar-refractivity contribution in [3.63, 3.8) is 0 Å². The van der Waals surface area contributed by atoms with Crippen molar-refractivity contribution in [3.8, 4) is 5.75 Å². The van der Waals surface area contributed by atoms with E-state index in [-0.39, 0.29) is 30.9 Å². The van der Waals surface area contributed by atoms with E-state index in [2.05, 4.69) is 10.6 Å². The number of aliphatic carboxylic acids is 1. The van der Waals surface area contributed by atoms with Gasteiger partial charge in [0.05, 0.1) is 12.7 Å². The molecule has 0 bridgehead atoms. The summed E-state index contributed by atoms with van der Waals surface area (Å²) in [5.41, 5.74) is 0.679. The average Bonchev–Trinajstić information content (AvgIpc) is 2.63. The summed E-state index contributed by atoms with van der Waals surface area (Å²) in [5, 5.41) is 14.0. The summed E-state index contributed by atoms with van der Waals surface area (Å²) in [6, 6.07) is 5.24. The van der Waals surface area contributed by atoms with Crippen molar-refractivity contribution in [2.24, 2.45) is 0 Å². The Balaban J connectivity index is 2.79. The molecule has 0 fully saturated rings. The van der Waals surface area contributed by atoms with Crippen molar-refractivity contribution >= 4 is 27.9 Å². The largest absolute Gasteiger partial charge is 0.481 e. The van der Waals surface area contributed by atoms with E-state index in [1.807, 2.05) is 6.92 Å². The number of rotatable bonds is 13. The number of benzene rings is 1. The summed E-state index contributed by atoms with van der Waals surface area (Å²) >= 11 is 0. The molecule has 0 radical (unpaired) electrons. The van der Waals surface area contributed by atoms with E-state index in [1.54, 1.807) is 12.1 Å². The number of hydrogen-bond acceptors (Lipinski definition) is 6. The quantitative estimate of drug-likeness (QED) is 0.317. The molecule has 1 rings (SSSR count). The Kier molecular flexibility index (Phi) is 10.1. The lowest BCUT2D eigenvalue weighted by molar-refractivity contribution is -0.139. The maximum atomic E-state index is 12.5. The smallest absolute Gasteiger partial charge is 0.306 e. The van der Waals surface area contributed by atoms with E-state index < -0.39 is 28.0 Å². The number of carbonyl (C=O) groups excluding carboxylic acids is 2. The fourth-order valence-corrected chi connectivity index (χ4v) is 2.96. The molecule has 0 unspecified atom stereocenters. The van der Waals surface area contributed by atoms with Gasteiger partial charge in [0.1, 0.15) is 11.8 Å². The standard InChI is InChI=1S/C19H28N2O7S/c1-3-4-5-12-20-19(25)16(21-17(22)10-11-18(23)24)13-14-6-8-15(9-7-14)28-29(2,26)27/h6-9,16H,3-5,10-13H2,1-2H3,(H,20,25)(H,21,22)(H,23,24)/t16-/m0/s1. The van der Waals surface area contributed by atoms with Crippen molar-refractivity contribution in [1.29, 1.82) is 0 Å². The van der Waals surface area contributed by atoms with Gasteiger partial charge >= 0.3 is 16.1 Å². The van der Waals surface area contributed by atoms with E-state index in [0.717, 1.165) is 25.5 Å². The zero-order chi connectivity index (χ0) is 21.9. The van der Waals surface area contributed by atoms with Gasteiger partial charge in [0, 0.05) is 19.4 Å². The molecule has 0 aliphatic carbocycles. The number of carboxylic acids is 1. The Morgan fingerprint density at radius 1 is 1.10 bits per heavy atom. The highest BCUT2D eigenvalue weighted by atomic mass is 32.2. The molecule has 0 aromatic heterocycles. The summed E-state index contributed by atoms with van der Waals surface area (Å²) in [7, 11) is -3.64. The highest BCUT2D eigenvalue weighted by Gasteiger charge is 2.21. The van der Waals surface area contributed by atoms with Crippen molar-refractivity contribution in [2.45, 2.75) is 51.5 Å². The third-order valence-corrected chi connectivity index (χ3v) is 4.40. The number of amides is 2. The second kappa shape index (κ2) is 12.1. The summed E-state index contributed by atoms with van der Waals surface area (Å²) in [4.78, 5) is 35.1.